The van der Waals surface area contributed by atoms with Crippen molar-refractivity contribution in [3.63, 3.8) is 0 Å². The summed E-state index contributed by atoms with van der Waals surface area (Å²) in [5.41, 5.74) is 1.45. The highest BCUT2D eigenvalue weighted by Crippen LogP contribution is 2.60. The van der Waals surface area contributed by atoms with Crippen LogP contribution >= 0.6 is 0 Å². The first-order chi connectivity index (χ1) is 10.2. The second-order valence-corrected chi connectivity index (χ2v) is 6.33. The first-order valence-electron chi connectivity index (χ1n) is 7.38. The predicted octanol–water partition coefficient (Wildman–Crippen LogP) is 1.49. The van der Waals surface area contributed by atoms with Crippen LogP contribution in [0.3, 0.4) is 0 Å². The first-order valence-corrected chi connectivity index (χ1v) is 7.38. The van der Waals surface area contributed by atoms with Gasteiger partial charge in [0.1, 0.15) is 0 Å². The van der Waals surface area contributed by atoms with Crippen LogP contribution in [0.4, 0.5) is 0 Å². The van der Waals surface area contributed by atoms with Crippen molar-refractivity contribution in [3.05, 3.63) is 62.9 Å². The third-order valence-electron chi connectivity index (χ3n) is 5.20. The lowest BCUT2D eigenvalue weighted by Crippen LogP contribution is -2.42. The van der Waals surface area contributed by atoms with E-state index in [2.05, 4.69) is 13.0 Å². The van der Waals surface area contributed by atoms with Gasteiger partial charge in [-0.1, -0.05) is 29.8 Å². The number of nitrogens with zero attached hydrogens (tertiary/aromatic N) is 3. The van der Waals surface area contributed by atoms with Gasteiger partial charge in [0.15, 0.2) is 0 Å². The lowest BCUT2D eigenvalue weighted by atomic mass is 9.90. The Hall–Kier alpha value is -2.30. The van der Waals surface area contributed by atoms with E-state index in [0.717, 1.165) is 6.42 Å². The molecular weight excluding hydrogens is 266 g/mol. The number of hydrogen-bond acceptors (Lipinski definition) is 2. The Labute approximate surface area is 120 Å². The van der Waals surface area contributed by atoms with E-state index in [1.807, 2.05) is 18.2 Å². The molecule has 1 aromatic carbocycles. The first kappa shape index (κ1) is 11.4. The van der Waals surface area contributed by atoms with E-state index in [9.17, 15) is 9.59 Å². The van der Waals surface area contributed by atoms with Crippen molar-refractivity contribution in [2.75, 3.05) is 0 Å². The number of para-hydroxylation sites is 1. The molecule has 0 amide bonds. The van der Waals surface area contributed by atoms with Crippen LogP contribution in [0.1, 0.15) is 25.4 Å². The Morgan fingerprint density at radius 1 is 1.00 bits per heavy atom. The molecule has 1 aromatic heterocycles. The van der Waals surface area contributed by atoms with Gasteiger partial charge in [-0.15, -0.1) is 0 Å². The lowest BCUT2D eigenvalue weighted by Gasteiger charge is -2.35. The summed E-state index contributed by atoms with van der Waals surface area (Å²) in [6, 6.07) is 9.31. The maximum absolute atomic E-state index is 12.8. The van der Waals surface area contributed by atoms with E-state index in [1.165, 1.54) is 10.1 Å². The van der Waals surface area contributed by atoms with Crippen LogP contribution in [-0.4, -0.2) is 13.9 Å². The highest BCUT2D eigenvalue weighted by Gasteiger charge is 2.57. The number of allylic oxidation sites excluding steroid dienone is 2. The second kappa shape index (κ2) is 3.47. The Kier molecular flexibility index (Phi) is 1.88. The van der Waals surface area contributed by atoms with Gasteiger partial charge in [-0.25, -0.2) is 23.5 Å². The molecule has 0 unspecified atom stereocenters. The average Bonchev–Trinajstić information content (AvgIpc) is 3.24. The molecule has 6 rings (SSSR count). The zero-order valence-corrected chi connectivity index (χ0v) is 11.6. The Morgan fingerprint density at radius 2 is 1.71 bits per heavy atom. The lowest BCUT2D eigenvalue weighted by molar-refractivity contribution is 0.230. The standard InChI is InChI=1S/C16H15N3O2/c1-9-7-13-11-8-12(11)14(9)19-16(21)17(15(20)18(13)19)10-5-3-2-4-6-10/h2-7,11-14H,8H2,1H3/t11-,12-,13-,14-/m0/s1. The summed E-state index contributed by atoms with van der Waals surface area (Å²) in [6.07, 6.45) is 3.30. The molecule has 2 bridgehead atoms. The van der Waals surface area contributed by atoms with Gasteiger partial charge in [0.05, 0.1) is 17.8 Å². The molecule has 0 spiro atoms. The van der Waals surface area contributed by atoms with E-state index in [0.29, 0.717) is 17.5 Å². The fraction of sp³-hybridized carbons (Fsp3) is 0.375. The molecule has 2 aromatic rings. The Bertz CT molecular complexity index is 900. The van der Waals surface area contributed by atoms with Crippen LogP contribution in [0.5, 0.6) is 0 Å². The minimum absolute atomic E-state index is 0.0603. The second-order valence-electron chi connectivity index (χ2n) is 6.33. The highest BCUT2D eigenvalue weighted by atomic mass is 16.2. The maximum atomic E-state index is 12.8. The Morgan fingerprint density at radius 3 is 2.48 bits per heavy atom. The normalized spacial score (nSPS) is 31.6. The van der Waals surface area contributed by atoms with Crippen LogP contribution in [-0.2, 0) is 0 Å². The van der Waals surface area contributed by atoms with Gasteiger partial charge in [-0.2, -0.15) is 0 Å². The van der Waals surface area contributed by atoms with Crippen molar-refractivity contribution >= 4 is 0 Å². The third kappa shape index (κ3) is 1.22. The third-order valence-corrected chi connectivity index (χ3v) is 5.20. The molecule has 4 aliphatic rings. The number of hydrogen-bond donors (Lipinski definition) is 0. The minimum Gasteiger partial charge on any atom is -0.245 e. The molecule has 0 saturated heterocycles. The minimum atomic E-state index is -0.213. The van der Waals surface area contributed by atoms with E-state index < -0.39 is 0 Å². The SMILES string of the molecule is CC1=C[C@H]2[C@H]3C[C@@H]3[C@H]1n1c(=O)n(-c3ccccc3)c(=O)n12. The van der Waals surface area contributed by atoms with E-state index in [4.69, 9.17) is 0 Å². The van der Waals surface area contributed by atoms with E-state index >= 15 is 0 Å². The van der Waals surface area contributed by atoms with Crippen LogP contribution in [0.25, 0.3) is 5.69 Å². The average molecular weight is 281 g/mol. The molecular formula is C16H15N3O2. The molecule has 2 aliphatic carbocycles. The molecule has 0 N–H and O–H groups in total. The van der Waals surface area contributed by atoms with E-state index in [-0.39, 0.29) is 23.5 Å². The van der Waals surface area contributed by atoms with Gasteiger partial charge in [-0.3, -0.25) is 0 Å². The van der Waals surface area contributed by atoms with Gasteiger partial charge in [0.2, 0.25) is 0 Å². The Balaban J connectivity index is 1.84. The maximum Gasteiger partial charge on any atom is 0.352 e. The van der Waals surface area contributed by atoms with Crippen molar-refractivity contribution in [1.82, 2.24) is 13.9 Å². The zero-order valence-electron chi connectivity index (χ0n) is 11.6. The summed E-state index contributed by atoms with van der Waals surface area (Å²) in [5, 5.41) is 0. The molecule has 3 heterocycles. The van der Waals surface area contributed by atoms with Gasteiger partial charge < -0.3 is 0 Å². The van der Waals surface area contributed by atoms with Gasteiger partial charge >= 0.3 is 11.4 Å². The van der Waals surface area contributed by atoms with Gasteiger partial charge in [-0.05, 0) is 37.3 Å². The zero-order chi connectivity index (χ0) is 14.3. The summed E-state index contributed by atoms with van der Waals surface area (Å²) in [7, 11) is 0. The fourth-order valence-corrected chi connectivity index (χ4v) is 4.24. The van der Waals surface area contributed by atoms with Crippen molar-refractivity contribution in [3.8, 4) is 5.69 Å². The van der Waals surface area contributed by atoms with Crippen molar-refractivity contribution in [2.45, 2.75) is 25.4 Å². The smallest absolute Gasteiger partial charge is 0.245 e. The van der Waals surface area contributed by atoms with Crippen LogP contribution in [0, 0.1) is 11.8 Å². The highest BCUT2D eigenvalue weighted by molar-refractivity contribution is 5.33. The molecule has 1 fully saturated rings. The number of benzene rings is 1. The van der Waals surface area contributed by atoms with Crippen molar-refractivity contribution in [2.24, 2.45) is 11.8 Å². The summed E-state index contributed by atoms with van der Waals surface area (Å²) < 4.78 is 4.68. The van der Waals surface area contributed by atoms with Crippen LogP contribution < -0.4 is 11.4 Å². The van der Waals surface area contributed by atoms with Crippen LogP contribution in [0.15, 0.2) is 51.6 Å². The topological polar surface area (TPSA) is 48.9 Å². The fourth-order valence-electron chi connectivity index (χ4n) is 4.24. The van der Waals surface area contributed by atoms with Crippen LogP contribution in [0.2, 0.25) is 0 Å². The summed E-state index contributed by atoms with van der Waals surface area (Å²) in [6.45, 7) is 2.08. The monoisotopic (exact) mass is 281 g/mol. The molecule has 1 saturated carbocycles. The molecule has 4 atom stereocenters. The van der Waals surface area contributed by atoms with E-state index in [1.54, 1.807) is 21.5 Å². The largest absolute Gasteiger partial charge is 0.352 e. The summed E-state index contributed by atoms with van der Waals surface area (Å²) in [5.74, 6) is 1.09. The molecule has 0 radical (unpaired) electrons. The molecule has 21 heavy (non-hydrogen) atoms. The van der Waals surface area contributed by atoms with Gasteiger partial charge in [0.25, 0.3) is 0 Å². The number of aromatic nitrogens is 3. The summed E-state index contributed by atoms with van der Waals surface area (Å²) >= 11 is 0. The quantitative estimate of drug-likeness (QED) is 0.744. The number of rotatable bonds is 1. The van der Waals surface area contributed by atoms with Crippen molar-refractivity contribution < 1.29 is 0 Å². The molecule has 106 valence electrons. The van der Waals surface area contributed by atoms with Crippen molar-refractivity contribution in [1.29, 1.82) is 0 Å². The molecule has 5 nitrogen and oxygen atoms in total. The van der Waals surface area contributed by atoms with Gasteiger partial charge in [0, 0.05) is 0 Å². The summed E-state index contributed by atoms with van der Waals surface area (Å²) in [4.78, 5) is 25.6. The molecule has 2 aliphatic heterocycles. The predicted molar refractivity (Wildman–Crippen MR) is 77.7 cm³/mol. The molecule has 5 heteroatoms.